The number of hydrogen-bond acceptors (Lipinski definition) is 5. The van der Waals surface area contributed by atoms with E-state index in [2.05, 4.69) is 15.5 Å². The van der Waals surface area contributed by atoms with E-state index < -0.39 is 0 Å². The van der Waals surface area contributed by atoms with Crippen LogP contribution in [0.15, 0.2) is 11.5 Å². The first-order chi connectivity index (χ1) is 8.71. The summed E-state index contributed by atoms with van der Waals surface area (Å²) < 4.78 is 1.96. The summed E-state index contributed by atoms with van der Waals surface area (Å²) >= 11 is 1.79. The molecule has 1 aromatic rings. The highest BCUT2D eigenvalue weighted by Gasteiger charge is 2.42. The van der Waals surface area contributed by atoms with Gasteiger partial charge in [-0.25, -0.2) is 0 Å². The van der Waals surface area contributed by atoms with Crippen LogP contribution >= 0.6 is 11.8 Å². The van der Waals surface area contributed by atoms with Crippen LogP contribution < -0.4 is 5.32 Å². The molecule has 2 aliphatic rings. The molecule has 0 aromatic carbocycles. The van der Waals surface area contributed by atoms with Gasteiger partial charge in [0.25, 0.3) is 0 Å². The quantitative estimate of drug-likeness (QED) is 0.832. The van der Waals surface area contributed by atoms with Crippen molar-refractivity contribution < 1.29 is 5.11 Å². The van der Waals surface area contributed by atoms with Gasteiger partial charge in [0, 0.05) is 23.9 Å². The van der Waals surface area contributed by atoms with Crippen LogP contribution in [0.3, 0.4) is 0 Å². The van der Waals surface area contributed by atoms with Crippen molar-refractivity contribution >= 4 is 11.8 Å². The predicted molar refractivity (Wildman–Crippen MR) is 70.5 cm³/mol. The van der Waals surface area contributed by atoms with Gasteiger partial charge in [-0.05, 0) is 32.1 Å². The summed E-state index contributed by atoms with van der Waals surface area (Å²) in [4.78, 5) is 0. The smallest absolute Gasteiger partial charge is 0.191 e. The summed E-state index contributed by atoms with van der Waals surface area (Å²) in [5.41, 5.74) is -0.0442. The Morgan fingerprint density at radius 3 is 3.00 bits per heavy atom. The SMILES string of the molecule is Cn1cnnc1SC1CCC(CO)(NC2CC2)C1. The monoisotopic (exact) mass is 268 g/mol. The number of rotatable bonds is 5. The van der Waals surface area contributed by atoms with Crippen molar-refractivity contribution in [1.29, 1.82) is 0 Å². The van der Waals surface area contributed by atoms with Crippen molar-refractivity contribution in [3.63, 3.8) is 0 Å². The Kier molecular flexibility index (Phi) is 3.34. The third kappa shape index (κ3) is 2.55. The first-order valence-electron chi connectivity index (χ1n) is 6.60. The van der Waals surface area contributed by atoms with Gasteiger partial charge < -0.3 is 15.0 Å². The number of thioether (sulfide) groups is 1. The van der Waals surface area contributed by atoms with Crippen LogP contribution in [0.5, 0.6) is 0 Å². The van der Waals surface area contributed by atoms with E-state index >= 15 is 0 Å². The average Bonchev–Trinajstić information content (AvgIpc) is 2.94. The fourth-order valence-electron chi connectivity index (χ4n) is 2.69. The number of aliphatic hydroxyl groups is 1. The van der Waals surface area contributed by atoms with E-state index in [1.165, 1.54) is 12.8 Å². The topological polar surface area (TPSA) is 63.0 Å². The molecule has 5 nitrogen and oxygen atoms in total. The molecule has 2 atom stereocenters. The normalized spacial score (nSPS) is 32.0. The molecule has 2 saturated carbocycles. The lowest BCUT2D eigenvalue weighted by atomic mass is 9.99. The minimum Gasteiger partial charge on any atom is -0.394 e. The van der Waals surface area contributed by atoms with Crippen LogP contribution in [0.25, 0.3) is 0 Å². The molecule has 18 heavy (non-hydrogen) atoms. The van der Waals surface area contributed by atoms with Crippen molar-refractivity contribution in [2.45, 2.75) is 54.1 Å². The fourth-order valence-corrected chi connectivity index (χ4v) is 3.93. The second kappa shape index (κ2) is 4.83. The Morgan fingerprint density at radius 2 is 2.39 bits per heavy atom. The summed E-state index contributed by atoms with van der Waals surface area (Å²) in [6, 6.07) is 0.649. The molecule has 2 N–H and O–H groups in total. The molecule has 100 valence electrons. The van der Waals surface area contributed by atoms with E-state index in [0.29, 0.717) is 11.3 Å². The number of nitrogens with one attached hydrogen (secondary N) is 1. The maximum atomic E-state index is 9.69. The fraction of sp³-hybridized carbons (Fsp3) is 0.833. The third-order valence-corrected chi connectivity index (χ3v) is 5.21. The molecule has 1 heterocycles. The highest BCUT2D eigenvalue weighted by Crippen LogP contribution is 2.40. The Hall–Kier alpha value is -0.590. The number of aromatic nitrogens is 3. The van der Waals surface area contributed by atoms with Crippen molar-refractivity contribution in [1.82, 2.24) is 20.1 Å². The lowest BCUT2D eigenvalue weighted by Crippen LogP contribution is -2.47. The molecule has 0 saturated heterocycles. The Bertz CT molecular complexity index is 420. The summed E-state index contributed by atoms with van der Waals surface area (Å²) in [5.74, 6) is 0. The van der Waals surface area contributed by atoms with E-state index in [-0.39, 0.29) is 12.1 Å². The zero-order valence-corrected chi connectivity index (χ0v) is 11.5. The van der Waals surface area contributed by atoms with Crippen LogP contribution in [0.2, 0.25) is 0 Å². The molecule has 6 heteroatoms. The highest BCUT2D eigenvalue weighted by molar-refractivity contribution is 7.99. The highest BCUT2D eigenvalue weighted by atomic mass is 32.2. The van der Waals surface area contributed by atoms with Crippen molar-refractivity contribution in [3.8, 4) is 0 Å². The van der Waals surface area contributed by atoms with Gasteiger partial charge in [-0.2, -0.15) is 0 Å². The Morgan fingerprint density at radius 1 is 1.56 bits per heavy atom. The molecular formula is C12H20N4OS. The molecule has 2 unspecified atom stereocenters. The zero-order valence-electron chi connectivity index (χ0n) is 10.7. The Balaban J connectivity index is 1.61. The van der Waals surface area contributed by atoms with E-state index in [9.17, 15) is 5.11 Å². The minimum atomic E-state index is -0.0442. The lowest BCUT2D eigenvalue weighted by molar-refractivity contribution is 0.163. The van der Waals surface area contributed by atoms with Gasteiger partial charge in [0.05, 0.1) is 6.61 Å². The lowest BCUT2D eigenvalue weighted by Gasteiger charge is -2.28. The molecule has 0 aliphatic heterocycles. The molecule has 3 rings (SSSR count). The van der Waals surface area contributed by atoms with Crippen molar-refractivity contribution in [2.75, 3.05) is 6.61 Å². The van der Waals surface area contributed by atoms with Gasteiger partial charge in [0.15, 0.2) is 5.16 Å². The molecule has 1 aromatic heterocycles. The summed E-state index contributed by atoms with van der Waals surface area (Å²) in [6.07, 6.45) is 7.50. The average molecular weight is 268 g/mol. The van der Waals surface area contributed by atoms with E-state index in [4.69, 9.17) is 0 Å². The van der Waals surface area contributed by atoms with E-state index in [0.717, 1.165) is 24.4 Å². The molecule has 0 bridgehead atoms. The molecule has 2 fully saturated rings. The molecule has 2 aliphatic carbocycles. The van der Waals surface area contributed by atoms with Gasteiger partial charge in [-0.1, -0.05) is 11.8 Å². The maximum absolute atomic E-state index is 9.69. The van der Waals surface area contributed by atoms with Gasteiger partial charge in [-0.15, -0.1) is 10.2 Å². The number of hydrogen-bond donors (Lipinski definition) is 2. The summed E-state index contributed by atoms with van der Waals surface area (Å²) in [7, 11) is 1.97. The van der Waals surface area contributed by atoms with Crippen LogP contribution in [0, 0.1) is 0 Å². The van der Waals surface area contributed by atoms with Gasteiger partial charge >= 0.3 is 0 Å². The summed E-state index contributed by atoms with van der Waals surface area (Å²) in [6.45, 7) is 0.249. The molecular weight excluding hydrogens is 248 g/mol. The number of aliphatic hydroxyl groups excluding tert-OH is 1. The second-order valence-electron chi connectivity index (χ2n) is 5.56. The van der Waals surface area contributed by atoms with Crippen LogP contribution in [-0.2, 0) is 7.05 Å². The predicted octanol–water partition coefficient (Wildman–Crippen LogP) is 0.943. The minimum absolute atomic E-state index is 0.0442. The Labute approximate surface area is 111 Å². The van der Waals surface area contributed by atoms with Crippen LogP contribution in [0.4, 0.5) is 0 Å². The van der Waals surface area contributed by atoms with Crippen LogP contribution in [0.1, 0.15) is 32.1 Å². The van der Waals surface area contributed by atoms with Crippen molar-refractivity contribution in [3.05, 3.63) is 6.33 Å². The van der Waals surface area contributed by atoms with Crippen molar-refractivity contribution in [2.24, 2.45) is 7.05 Å². The largest absolute Gasteiger partial charge is 0.394 e. The van der Waals surface area contributed by atoms with Gasteiger partial charge in [-0.3, -0.25) is 0 Å². The van der Waals surface area contributed by atoms with Crippen LogP contribution in [-0.4, -0.2) is 43.3 Å². The number of aryl methyl sites for hydroxylation is 1. The third-order valence-electron chi connectivity index (χ3n) is 3.90. The van der Waals surface area contributed by atoms with E-state index in [1.54, 1.807) is 18.1 Å². The molecule has 0 amide bonds. The van der Waals surface area contributed by atoms with E-state index in [1.807, 2.05) is 11.6 Å². The van der Waals surface area contributed by atoms with Gasteiger partial charge in [0.2, 0.25) is 0 Å². The standard InChI is InChI=1S/C12H20N4OS/c1-16-8-13-15-11(16)18-10-4-5-12(6-10,7-17)14-9-2-3-9/h8-10,14,17H,2-7H2,1H3. The second-order valence-corrected chi connectivity index (χ2v) is 6.83. The summed E-state index contributed by atoms with van der Waals surface area (Å²) in [5, 5.41) is 22.9. The van der Waals surface area contributed by atoms with Gasteiger partial charge in [0.1, 0.15) is 6.33 Å². The first-order valence-corrected chi connectivity index (χ1v) is 7.48. The zero-order chi connectivity index (χ0) is 12.6. The molecule has 0 radical (unpaired) electrons. The first kappa shape index (κ1) is 12.4. The molecule has 0 spiro atoms. The maximum Gasteiger partial charge on any atom is 0.191 e. The number of nitrogens with zero attached hydrogens (tertiary/aromatic N) is 3.